The van der Waals surface area contributed by atoms with E-state index in [2.05, 4.69) is 160 Å². The molecule has 0 saturated heterocycles. The molecular weight excluding hydrogens is 2170 g/mol. The minimum Gasteiger partial charge on any atom is -0.574 e. The van der Waals surface area contributed by atoms with Gasteiger partial charge < -0.3 is 50.3 Å². The Morgan fingerprint density at radius 1 is 0.287 bits per heavy atom. The van der Waals surface area contributed by atoms with E-state index in [1.165, 1.54) is 0 Å². The summed E-state index contributed by atoms with van der Waals surface area (Å²) in [7, 11) is -2.35. The van der Waals surface area contributed by atoms with E-state index in [-0.39, 0.29) is 90.0 Å². The normalized spacial score (nSPS) is 10.7. The quantitative estimate of drug-likeness (QED) is 0.0360. The van der Waals surface area contributed by atoms with Crippen LogP contribution in [0.15, 0.2) is 303 Å². The average molecular weight is 2250 g/mol. The van der Waals surface area contributed by atoms with Crippen LogP contribution in [0.25, 0.3) is 90.3 Å². The van der Waals surface area contributed by atoms with Gasteiger partial charge in [-0.15, -0.1) is 215 Å². The summed E-state index contributed by atoms with van der Waals surface area (Å²) in [6.45, 7) is 6.04. The Labute approximate surface area is 729 Å². The van der Waals surface area contributed by atoms with Crippen molar-refractivity contribution in [1.82, 2.24) is 60.3 Å². The van der Waals surface area contributed by atoms with Crippen LogP contribution in [0, 0.1) is 43.3 Å². The minimum absolute atomic E-state index is 0. The summed E-state index contributed by atoms with van der Waals surface area (Å²) < 4.78 is 38.6. The molecule has 0 unspecified atom stereocenters. The number of halogens is 3. The Kier molecular flexibility index (Phi) is 34.3. The Bertz CT molecular complexity index is 5350. The van der Waals surface area contributed by atoms with E-state index < -0.39 is 19.9 Å². The maximum absolute atomic E-state index is 12.9. The van der Waals surface area contributed by atoms with Crippen LogP contribution in [-0.4, -0.2) is 58.1 Å². The molecule has 10 heterocycles. The van der Waals surface area contributed by atoms with Crippen molar-refractivity contribution in [3.8, 4) is 90.3 Å². The van der Waals surface area contributed by atoms with Crippen LogP contribution < -0.4 is 20.8 Å². The van der Waals surface area contributed by atoms with Crippen LogP contribution in [0.4, 0.5) is 13.2 Å². The van der Waals surface area contributed by atoms with Crippen molar-refractivity contribution in [3.05, 3.63) is 385 Å². The van der Waals surface area contributed by atoms with E-state index in [0.717, 1.165) is 188 Å². The van der Waals surface area contributed by atoms with Crippen LogP contribution in [0.1, 0.15) is 64.8 Å². The molecule has 12 nitrogen and oxygen atoms in total. The fraction of sp³-hybridized carbons (Fsp3) is 0.137. The molecule has 0 N–H and O–H groups in total. The van der Waals surface area contributed by atoms with Gasteiger partial charge in [-0.05, 0) is 166 Å². The van der Waals surface area contributed by atoms with E-state index in [9.17, 15) is 13.2 Å². The molecule has 0 fully saturated rings. The number of pyridine rings is 8. The molecular formula is C95H77F3N12Pt4Si. The number of benzene rings is 6. The molecule has 0 amide bonds. The van der Waals surface area contributed by atoms with Crippen molar-refractivity contribution in [2.45, 2.75) is 84.0 Å². The number of alkyl halides is 3. The third-order valence-corrected chi connectivity index (χ3v) is 21.3. The molecule has 0 bridgehead atoms. The number of rotatable bonds is 22. The van der Waals surface area contributed by atoms with Gasteiger partial charge in [-0.2, -0.15) is 13.2 Å². The molecule has 0 saturated carbocycles. The fourth-order valence-corrected chi connectivity index (χ4v) is 14.4. The predicted molar refractivity (Wildman–Crippen MR) is 435 cm³/mol. The molecule has 0 radical (unpaired) electrons. The van der Waals surface area contributed by atoms with Crippen LogP contribution in [-0.2, 0) is 129 Å². The predicted octanol–water partition coefficient (Wildman–Crippen LogP) is 19.4. The van der Waals surface area contributed by atoms with E-state index in [4.69, 9.17) is 34.9 Å². The van der Waals surface area contributed by atoms with Crippen LogP contribution in [0.2, 0.25) is 13.1 Å². The maximum Gasteiger partial charge on any atom is 2.00 e. The van der Waals surface area contributed by atoms with Crippen LogP contribution >= 0.6 is 0 Å². The monoisotopic (exact) mass is 2250 g/mol. The molecule has 20 heteroatoms. The zero-order valence-electron chi connectivity index (χ0n) is 63.0. The second-order valence-corrected chi connectivity index (χ2v) is 31.0. The third kappa shape index (κ3) is 25.8. The number of aromatic nitrogens is 12. The molecule has 0 atom stereocenters. The smallest absolute Gasteiger partial charge is 0.574 e. The number of unbranched alkanes of at least 4 members (excludes halogenated alkanes) is 1. The second kappa shape index (κ2) is 44.5. The van der Waals surface area contributed by atoms with Crippen LogP contribution in [0.5, 0.6) is 0 Å². The minimum atomic E-state index is -4.54. The average Bonchev–Trinajstić information content (AvgIpc) is 1.78. The molecule has 6 aromatic carbocycles. The van der Waals surface area contributed by atoms with Gasteiger partial charge in [0.05, 0.1) is 0 Å². The van der Waals surface area contributed by atoms with Crippen molar-refractivity contribution in [2.75, 3.05) is 0 Å². The molecule has 0 aliphatic carbocycles. The first-order valence-electron chi connectivity index (χ1n) is 36.9. The number of hydrogen-bond donors (Lipinski definition) is 0. The third-order valence-electron chi connectivity index (χ3n) is 18.2. The van der Waals surface area contributed by atoms with E-state index in [0.29, 0.717) is 11.4 Å². The summed E-state index contributed by atoms with van der Waals surface area (Å²) in [4.78, 5) is 38.1. The summed E-state index contributed by atoms with van der Waals surface area (Å²) >= 11 is 0. The fourth-order valence-electron chi connectivity index (χ4n) is 12.3. The zero-order chi connectivity index (χ0) is 76.5. The summed E-state index contributed by atoms with van der Waals surface area (Å²) in [6, 6.07) is 118. The van der Waals surface area contributed by atoms with Gasteiger partial charge in [0, 0.05) is 61.9 Å². The van der Waals surface area contributed by atoms with Crippen molar-refractivity contribution >= 4 is 18.7 Å². The Morgan fingerprint density at radius 2 is 0.548 bits per heavy atom. The molecule has 0 aliphatic heterocycles. The number of nitrogens with zero attached hydrogens (tertiary/aromatic N) is 12. The van der Waals surface area contributed by atoms with Gasteiger partial charge in [0.15, 0.2) is 8.07 Å². The topological polar surface area (TPSA) is 157 Å². The largest absolute Gasteiger partial charge is 2.00 e. The molecule has 16 rings (SSSR count). The zero-order valence-corrected chi connectivity index (χ0v) is 73.1. The first kappa shape index (κ1) is 88.6. The van der Waals surface area contributed by atoms with E-state index in [1.807, 2.05) is 207 Å². The summed E-state index contributed by atoms with van der Waals surface area (Å²) in [5.41, 5.74) is 20.4. The van der Waals surface area contributed by atoms with Gasteiger partial charge in [0.2, 0.25) is 0 Å². The standard InChI is InChI=1S/C26H22N2.C25H20N2.C24H18N2.C20H17F3N6Si.4Pt/c1-3-11-21(12-4-1)25-19-9-17-23(27-25)15-7-8-16-24-18-10-20-26(28-24)22-13-5-2-6-14-22;1-3-10-20(11-4-1)24-18-8-16-22(26-24)14-7-15-23-17-9-19-25(27-23)21-12-5-2-6-13-21;1-3-9-19(10-4-1)23-15-7-13-21(25-23)17-18-22-14-8-16-24(26-22)20-11-5-2-6-12-20;1-12-10-15(27-26-12)13-6-4-8-18(24-13)30(2,3)19-9-5-7-14(25-19)16-11-17(29-28-16)20(21,22)23;;;;/h1-6,9-11,13,17-20H,7-8,15-16H2;1-6,8-10,12,16-19H,7,14-15H2;1-9,11,13-16H,17-18H2;4-11H,1-3H3;;;;/q4*-2;4*+2. The number of hydrogen-bond acceptors (Lipinski definition) is 10. The molecule has 0 spiro atoms. The van der Waals surface area contributed by atoms with Crippen molar-refractivity contribution in [2.24, 2.45) is 0 Å². The summed E-state index contributed by atoms with van der Waals surface area (Å²) in [5, 5.41) is 16.7. The Morgan fingerprint density at radius 3 is 0.809 bits per heavy atom. The van der Waals surface area contributed by atoms with E-state index >= 15 is 0 Å². The molecule has 0 aliphatic rings. The van der Waals surface area contributed by atoms with Crippen LogP contribution in [0.3, 0.4) is 0 Å². The number of aryl methyl sites for hydroxylation is 7. The van der Waals surface area contributed by atoms with Crippen molar-refractivity contribution in [1.29, 1.82) is 0 Å². The van der Waals surface area contributed by atoms with Gasteiger partial charge in [-0.25, -0.2) is 0 Å². The first-order chi connectivity index (χ1) is 54.3. The molecule has 582 valence electrons. The van der Waals surface area contributed by atoms with Crippen molar-refractivity contribution in [3.63, 3.8) is 0 Å². The van der Waals surface area contributed by atoms with Gasteiger partial charge in [-0.1, -0.05) is 115 Å². The maximum atomic E-state index is 12.9. The van der Waals surface area contributed by atoms with Gasteiger partial charge in [0.25, 0.3) is 0 Å². The Balaban J connectivity index is 0.000000174. The first-order valence-corrected chi connectivity index (χ1v) is 39.9. The Hall–Kier alpha value is -10.3. The summed E-state index contributed by atoms with van der Waals surface area (Å²) in [5.74, 6) is 0. The molecule has 115 heavy (non-hydrogen) atoms. The summed E-state index contributed by atoms with van der Waals surface area (Å²) in [6.07, 6.45) is 4.21. The van der Waals surface area contributed by atoms with Gasteiger partial charge >= 0.3 is 90.4 Å². The van der Waals surface area contributed by atoms with Crippen molar-refractivity contribution < 1.29 is 97.4 Å². The van der Waals surface area contributed by atoms with Gasteiger partial charge in [-0.3, -0.25) is 9.97 Å². The van der Waals surface area contributed by atoms with Gasteiger partial charge in [0.1, 0.15) is 5.69 Å². The second-order valence-electron chi connectivity index (χ2n) is 26.7. The molecule has 16 aromatic rings. The SMILES string of the molecule is Cc1cc(-c2cccc([Si](C)(C)c3cccc(-c4cc(C(F)(F)F)n[n-]4)n3)n2)[n-]n1.[Pt+2].[Pt+2].[Pt+2].[Pt+2].[c-]1ccccc1-c1cccc(CCCCc2cccc(-c3[c-]cccc3)n2)n1.[c-]1ccccc1-c1cccc(CCCc2cccc(-c3[c-]cccc3)n2)n1.[c-]1ccccc1-c1cccc(CCc2cccc(-c3[c-]cccc3)n2)n1. The molecule has 10 aromatic heterocycles. The van der Waals surface area contributed by atoms with E-state index in [1.54, 1.807) is 12.1 Å².